The molecule has 0 saturated heterocycles. The maximum absolute atomic E-state index is 11.7. The zero-order chi connectivity index (χ0) is 32.2. The summed E-state index contributed by atoms with van der Waals surface area (Å²) in [6.07, 6.45) is 4.12. The molecule has 46 heavy (non-hydrogen) atoms. The summed E-state index contributed by atoms with van der Waals surface area (Å²) in [5, 5.41) is 0. The van der Waals surface area contributed by atoms with Gasteiger partial charge in [-0.3, -0.25) is 19.6 Å². The number of aromatic nitrogens is 2. The van der Waals surface area contributed by atoms with E-state index in [1.807, 2.05) is 44.3 Å². The standard InChI is InChI=1S/C19H23NO2.C18H22N2O2.CH4.ClH/c1-5-22-18(21)11-15(4)16-9-10-20-17(12-16)19-13(2)7-6-8-14(19)3;1-4-22-17(21)11-15(19)14-8-9-20-16(10-14)18-12(2)6-5-7-13(18)3;;/h6-10,12,15H,5,11H2,1-4H3;5-10,15H,4,11,19H2,1-3H3;1H4;1H/t2*15-;;/m11../s1. The molecule has 7 nitrogen and oxygen atoms in total. The summed E-state index contributed by atoms with van der Waals surface area (Å²) in [6, 6.07) is 19.9. The van der Waals surface area contributed by atoms with Crippen LogP contribution in [0.25, 0.3) is 22.5 Å². The van der Waals surface area contributed by atoms with Crippen LogP contribution in [0.3, 0.4) is 0 Å². The summed E-state index contributed by atoms with van der Waals surface area (Å²) in [6.45, 7) is 14.8. The highest BCUT2D eigenvalue weighted by Gasteiger charge is 2.16. The largest absolute Gasteiger partial charge is 0.466 e. The van der Waals surface area contributed by atoms with E-state index in [2.05, 4.69) is 74.1 Å². The number of nitrogens with two attached hydrogens (primary N) is 1. The Morgan fingerprint density at radius 3 is 1.52 bits per heavy atom. The monoisotopic (exact) mass is 647 g/mol. The molecule has 0 fully saturated rings. The number of ether oxygens (including phenoxy) is 2. The summed E-state index contributed by atoms with van der Waals surface area (Å²) in [5.41, 5.74) is 17.0. The van der Waals surface area contributed by atoms with Gasteiger partial charge in [0.1, 0.15) is 0 Å². The topological polar surface area (TPSA) is 104 Å². The van der Waals surface area contributed by atoms with Crippen molar-refractivity contribution < 1.29 is 19.1 Å². The number of esters is 2. The molecule has 0 bridgehead atoms. The number of hydrogen-bond acceptors (Lipinski definition) is 7. The van der Waals surface area contributed by atoms with Gasteiger partial charge in [0.2, 0.25) is 0 Å². The van der Waals surface area contributed by atoms with E-state index in [9.17, 15) is 9.59 Å². The number of halogens is 1. The summed E-state index contributed by atoms with van der Waals surface area (Å²) < 4.78 is 9.99. The number of hydrogen-bond donors (Lipinski definition) is 1. The van der Waals surface area contributed by atoms with Crippen molar-refractivity contribution in [2.75, 3.05) is 13.2 Å². The van der Waals surface area contributed by atoms with Crippen LogP contribution in [0.15, 0.2) is 73.1 Å². The molecule has 2 aromatic carbocycles. The second kappa shape index (κ2) is 19.4. The van der Waals surface area contributed by atoms with E-state index in [1.54, 1.807) is 13.1 Å². The maximum atomic E-state index is 11.7. The van der Waals surface area contributed by atoms with Crippen LogP contribution in [0.4, 0.5) is 0 Å². The third-order valence-corrected chi connectivity index (χ3v) is 7.51. The molecule has 2 aromatic heterocycles. The van der Waals surface area contributed by atoms with Gasteiger partial charge in [0.25, 0.3) is 0 Å². The van der Waals surface area contributed by atoms with Crippen molar-refractivity contribution >= 4 is 24.3 Å². The average Bonchev–Trinajstić information content (AvgIpc) is 2.98. The van der Waals surface area contributed by atoms with Crippen molar-refractivity contribution in [3.05, 3.63) is 106 Å². The van der Waals surface area contributed by atoms with E-state index in [4.69, 9.17) is 15.2 Å². The summed E-state index contributed by atoms with van der Waals surface area (Å²) >= 11 is 0. The maximum Gasteiger partial charge on any atom is 0.307 e. The summed E-state index contributed by atoms with van der Waals surface area (Å²) in [4.78, 5) is 32.2. The van der Waals surface area contributed by atoms with Crippen LogP contribution in [0.2, 0.25) is 0 Å². The Bertz CT molecular complexity index is 1420. The normalized spacial score (nSPS) is 11.5. The van der Waals surface area contributed by atoms with E-state index < -0.39 is 0 Å². The molecule has 2 N–H and O–H groups in total. The second-order valence-electron chi connectivity index (χ2n) is 11.0. The van der Waals surface area contributed by atoms with Gasteiger partial charge in [-0.05, 0) is 105 Å². The Morgan fingerprint density at radius 1 is 0.696 bits per heavy atom. The highest BCUT2D eigenvalue weighted by Crippen LogP contribution is 2.29. The van der Waals surface area contributed by atoms with Crippen molar-refractivity contribution in [1.29, 1.82) is 0 Å². The van der Waals surface area contributed by atoms with E-state index in [0.717, 1.165) is 28.1 Å². The first-order valence-corrected chi connectivity index (χ1v) is 15.2. The van der Waals surface area contributed by atoms with Crippen molar-refractivity contribution in [2.24, 2.45) is 5.73 Å². The van der Waals surface area contributed by atoms with Gasteiger partial charge in [0.15, 0.2) is 0 Å². The first-order valence-electron chi connectivity index (χ1n) is 15.2. The van der Waals surface area contributed by atoms with E-state index in [0.29, 0.717) is 19.6 Å². The molecular weight excluding hydrogens is 598 g/mol. The zero-order valence-corrected chi connectivity index (χ0v) is 28.2. The molecule has 0 saturated carbocycles. The molecule has 0 aliphatic carbocycles. The highest BCUT2D eigenvalue weighted by atomic mass is 35.5. The smallest absolute Gasteiger partial charge is 0.307 e. The van der Waals surface area contributed by atoms with Crippen molar-refractivity contribution in [3.8, 4) is 22.5 Å². The predicted octanol–water partition coefficient (Wildman–Crippen LogP) is 8.80. The van der Waals surface area contributed by atoms with Crippen molar-refractivity contribution in [3.63, 3.8) is 0 Å². The Hall–Kier alpha value is -4.07. The average molecular weight is 648 g/mol. The molecule has 248 valence electrons. The fourth-order valence-electron chi connectivity index (χ4n) is 5.25. The van der Waals surface area contributed by atoms with Gasteiger partial charge < -0.3 is 15.2 Å². The molecule has 4 aromatic rings. The second-order valence-corrected chi connectivity index (χ2v) is 11.0. The van der Waals surface area contributed by atoms with Crippen LogP contribution in [-0.2, 0) is 19.1 Å². The van der Waals surface area contributed by atoms with Crippen LogP contribution in [0.5, 0.6) is 0 Å². The molecular formula is C38H50ClN3O4. The number of pyridine rings is 2. The van der Waals surface area contributed by atoms with Gasteiger partial charge in [-0.2, -0.15) is 0 Å². The van der Waals surface area contributed by atoms with Crippen LogP contribution in [-0.4, -0.2) is 35.1 Å². The molecule has 0 unspecified atom stereocenters. The van der Waals surface area contributed by atoms with Crippen LogP contribution < -0.4 is 5.73 Å². The van der Waals surface area contributed by atoms with Crippen LogP contribution in [0, 0.1) is 27.7 Å². The predicted molar refractivity (Wildman–Crippen MR) is 190 cm³/mol. The molecule has 2 heterocycles. The first kappa shape index (κ1) is 40.0. The number of aryl methyl sites for hydroxylation is 4. The quantitative estimate of drug-likeness (QED) is 0.172. The Kier molecular flexibility index (Phi) is 16.9. The van der Waals surface area contributed by atoms with Gasteiger partial charge in [-0.25, -0.2) is 0 Å². The molecule has 0 amide bonds. The van der Waals surface area contributed by atoms with E-state index in [1.165, 1.54) is 27.8 Å². The fraction of sp³-hybridized carbons (Fsp3) is 0.368. The Labute approximate surface area is 281 Å². The number of rotatable bonds is 10. The van der Waals surface area contributed by atoms with Crippen molar-refractivity contribution in [1.82, 2.24) is 9.97 Å². The number of carbonyl (C=O) groups excluding carboxylic acids is 2. The van der Waals surface area contributed by atoms with Crippen LogP contribution in [0.1, 0.15) is 86.4 Å². The van der Waals surface area contributed by atoms with E-state index in [-0.39, 0.29) is 50.2 Å². The van der Waals surface area contributed by atoms with Gasteiger partial charge in [-0.15, -0.1) is 12.4 Å². The lowest BCUT2D eigenvalue weighted by Gasteiger charge is -2.14. The fourth-order valence-corrected chi connectivity index (χ4v) is 5.25. The van der Waals surface area contributed by atoms with Gasteiger partial charge >= 0.3 is 11.9 Å². The molecule has 2 atom stereocenters. The molecule has 0 radical (unpaired) electrons. The molecule has 8 heteroatoms. The number of carbonyl (C=O) groups is 2. The molecule has 0 spiro atoms. The number of benzene rings is 2. The first-order chi connectivity index (χ1) is 21.0. The molecule has 0 aliphatic heterocycles. The minimum Gasteiger partial charge on any atom is -0.466 e. The van der Waals surface area contributed by atoms with Gasteiger partial charge in [-0.1, -0.05) is 50.7 Å². The molecule has 0 aliphatic rings. The lowest BCUT2D eigenvalue weighted by atomic mass is 9.94. The lowest BCUT2D eigenvalue weighted by Crippen LogP contribution is -2.17. The zero-order valence-electron chi connectivity index (χ0n) is 27.4. The molecule has 4 rings (SSSR count). The van der Waals surface area contributed by atoms with Crippen LogP contribution >= 0.6 is 12.4 Å². The minimum atomic E-state index is -0.384. The lowest BCUT2D eigenvalue weighted by molar-refractivity contribution is -0.144. The summed E-state index contributed by atoms with van der Waals surface area (Å²) in [7, 11) is 0. The SMILES string of the molecule is C.CCOC(=O)C[C@@H](C)c1ccnc(-c2c(C)cccc2C)c1.CCOC(=O)C[C@@H](N)c1ccnc(-c2c(C)cccc2C)c1.Cl. The highest BCUT2D eigenvalue weighted by molar-refractivity contribution is 5.85. The number of nitrogens with zero attached hydrogens (tertiary/aromatic N) is 2. The third kappa shape index (κ3) is 11.1. The van der Waals surface area contributed by atoms with Gasteiger partial charge in [0, 0.05) is 29.6 Å². The third-order valence-electron chi connectivity index (χ3n) is 7.51. The summed E-state index contributed by atoms with van der Waals surface area (Å²) in [5.74, 6) is -0.314. The Morgan fingerprint density at radius 2 is 1.09 bits per heavy atom. The van der Waals surface area contributed by atoms with Crippen molar-refractivity contribution in [2.45, 2.75) is 80.7 Å². The van der Waals surface area contributed by atoms with Gasteiger partial charge in [0.05, 0.1) is 37.4 Å². The Balaban J connectivity index is 0.000000441. The van der Waals surface area contributed by atoms with E-state index >= 15 is 0 Å². The minimum absolute atomic E-state index is 0.